The van der Waals surface area contributed by atoms with Crippen LogP contribution < -0.4 is 9.47 Å². The fourth-order valence-electron chi connectivity index (χ4n) is 4.56. The zero-order chi connectivity index (χ0) is 20.6. The third kappa shape index (κ3) is 5.56. The summed E-state index contributed by atoms with van der Waals surface area (Å²) in [5.41, 5.74) is 2.77. The van der Waals surface area contributed by atoms with Gasteiger partial charge in [-0.3, -0.25) is 0 Å². The lowest BCUT2D eigenvalue weighted by atomic mass is 9.86. The highest BCUT2D eigenvalue weighted by atomic mass is 16.6. The molecule has 1 aromatic rings. The Morgan fingerprint density at radius 2 is 1.90 bits per heavy atom. The van der Waals surface area contributed by atoms with E-state index in [-0.39, 0.29) is 6.09 Å². The minimum Gasteiger partial charge on any atom is -0.493 e. The molecule has 1 fully saturated rings. The van der Waals surface area contributed by atoms with Crippen LogP contribution in [-0.2, 0) is 17.6 Å². The van der Waals surface area contributed by atoms with Gasteiger partial charge in [0.2, 0.25) is 0 Å². The van der Waals surface area contributed by atoms with Crippen molar-refractivity contribution in [1.29, 1.82) is 0 Å². The van der Waals surface area contributed by atoms with Crippen molar-refractivity contribution in [3.63, 3.8) is 0 Å². The molecule has 6 nitrogen and oxygen atoms in total. The number of benzene rings is 1. The van der Waals surface area contributed by atoms with Gasteiger partial charge in [0.15, 0.2) is 11.5 Å². The van der Waals surface area contributed by atoms with Crippen molar-refractivity contribution in [2.75, 3.05) is 47.0 Å². The maximum Gasteiger partial charge on any atom is 0.409 e. The first kappa shape index (κ1) is 21.8. The van der Waals surface area contributed by atoms with E-state index < -0.39 is 0 Å². The zero-order valence-electron chi connectivity index (χ0n) is 18.2. The molecule has 0 bridgehead atoms. The molecular formula is C23H36N2O4. The van der Waals surface area contributed by atoms with Gasteiger partial charge in [-0.1, -0.05) is 6.92 Å². The Hall–Kier alpha value is -1.95. The van der Waals surface area contributed by atoms with Gasteiger partial charge in [0, 0.05) is 19.1 Å². The lowest BCUT2D eigenvalue weighted by molar-refractivity contribution is 0.0715. The zero-order valence-corrected chi connectivity index (χ0v) is 18.2. The van der Waals surface area contributed by atoms with Crippen LogP contribution in [0, 0.1) is 0 Å². The molecule has 1 aromatic carbocycles. The number of fused-ring (bicyclic) bond motifs is 1. The fraction of sp³-hybridized carbons (Fsp3) is 0.696. The van der Waals surface area contributed by atoms with Crippen LogP contribution in [0.4, 0.5) is 4.79 Å². The summed E-state index contributed by atoms with van der Waals surface area (Å²) < 4.78 is 16.1. The van der Waals surface area contributed by atoms with E-state index in [1.54, 1.807) is 14.2 Å². The molecular weight excluding hydrogens is 368 g/mol. The maximum atomic E-state index is 11.8. The van der Waals surface area contributed by atoms with Gasteiger partial charge >= 0.3 is 6.09 Å². The minimum absolute atomic E-state index is 0.144. The van der Waals surface area contributed by atoms with Crippen LogP contribution in [0.3, 0.4) is 0 Å². The SMILES string of the molecule is CCCN(CCCCN1CCCOC1=O)C1CCc2cc(OC)c(OC)cc2C1. The van der Waals surface area contributed by atoms with E-state index in [0.29, 0.717) is 12.6 Å². The number of carbonyl (C=O) groups excluding carboxylic acids is 1. The van der Waals surface area contributed by atoms with Crippen LogP contribution in [0.1, 0.15) is 50.2 Å². The van der Waals surface area contributed by atoms with E-state index >= 15 is 0 Å². The Labute approximate surface area is 175 Å². The number of cyclic esters (lactones) is 1. The molecule has 1 amide bonds. The molecule has 1 atom stereocenters. The molecule has 1 unspecified atom stereocenters. The van der Waals surface area contributed by atoms with Crippen molar-refractivity contribution in [3.05, 3.63) is 23.3 Å². The van der Waals surface area contributed by atoms with Crippen molar-refractivity contribution in [1.82, 2.24) is 9.80 Å². The second kappa shape index (κ2) is 10.7. The highest BCUT2D eigenvalue weighted by Gasteiger charge is 2.25. The number of rotatable bonds is 10. The Morgan fingerprint density at radius 1 is 1.14 bits per heavy atom. The second-order valence-electron chi connectivity index (χ2n) is 8.07. The fourth-order valence-corrected chi connectivity index (χ4v) is 4.56. The molecule has 6 heteroatoms. The number of methoxy groups -OCH3 is 2. The van der Waals surface area contributed by atoms with Crippen LogP contribution in [0.15, 0.2) is 12.1 Å². The summed E-state index contributed by atoms with van der Waals surface area (Å²) in [5, 5.41) is 0. The summed E-state index contributed by atoms with van der Waals surface area (Å²) in [6, 6.07) is 4.87. The molecule has 3 rings (SSSR count). The molecule has 29 heavy (non-hydrogen) atoms. The van der Waals surface area contributed by atoms with E-state index in [2.05, 4.69) is 24.0 Å². The molecule has 162 valence electrons. The number of unbranched alkanes of at least 4 members (excludes halogenated alkanes) is 1. The van der Waals surface area contributed by atoms with Gasteiger partial charge < -0.3 is 24.0 Å². The Balaban J connectivity index is 1.54. The largest absolute Gasteiger partial charge is 0.493 e. The Kier molecular flexibility index (Phi) is 8.04. The summed E-state index contributed by atoms with van der Waals surface area (Å²) in [5.74, 6) is 1.65. The maximum absolute atomic E-state index is 11.8. The van der Waals surface area contributed by atoms with Gasteiger partial charge in [-0.25, -0.2) is 4.79 Å². The number of amides is 1. The van der Waals surface area contributed by atoms with Gasteiger partial charge in [-0.05, 0) is 81.3 Å². The standard InChI is InChI=1S/C23H36N2O4/c1-4-10-24(11-5-6-12-25-13-7-14-29-23(25)26)20-9-8-18-16-21(27-2)22(28-3)17-19(18)15-20/h16-17,20H,4-15H2,1-3H3. The highest BCUT2D eigenvalue weighted by Crippen LogP contribution is 2.35. The summed E-state index contributed by atoms with van der Waals surface area (Å²) >= 11 is 0. The number of hydrogen-bond acceptors (Lipinski definition) is 5. The molecule has 1 aliphatic heterocycles. The quantitative estimate of drug-likeness (QED) is 0.554. The molecule has 0 saturated carbocycles. The first-order chi connectivity index (χ1) is 14.2. The Bertz CT molecular complexity index is 679. The summed E-state index contributed by atoms with van der Waals surface area (Å²) in [6.45, 7) is 6.68. The molecule has 0 N–H and O–H groups in total. The van der Waals surface area contributed by atoms with Crippen molar-refractivity contribution in [3.8, 4) is 11.5 Å². The van der Waals surface area contributed by atoms with Gasteiger partial charge in [0.25, 0.3) is 0 Å². The second-order valence-corrected chi connectivity index (χ2v) is 8.07. The summed E-state index contributed by atoms with van der Waals surface area (Å²) in [4.78, 5) is 16.3. The lowest BCUT2D eigenvalue weighted by Gasteiger charge is -2.35. The molecule has 0 radical (unpaired) electrons. The average molecular weight is 405 g/mol. The van der Waals surface area contributed by atoms with E-state index in [1.165, 1.54) is 17.5 Å². The van der Waals surface area contributed by atoms with E-state index in [0.717, 1.165) is 76.2 Å². The molecule has 1 aliphatic carbocycles. The molecule has 1 saturated heterocycles. The predicted octanol–water partition coefficient (Wildman–Crippen LogP) is 3.90. The number of aryl methyl sites for hydroxylation is 1. The first-order valence-electron chi connectivity index (χ1n) is 11.1. The van der Waals surface area contributed by atoms with Crippen molar-refractivity contribution >= 4 is 6.09 Å². The number of carbonyl (C=O) groups is 1. The third-order valence-electron chi connectivity index (χ3n) is 6.11. The van der Waals surface area contributed by atoms with Crippen LogP contribution in [-0.4, -0.2) is 68.9 Å². The first-order valence-corrected chi connectivity index (χ1v) is 11.1. The normalized spacial score (nSPS) is 19.1. The number of nitrogens with zero attached hydrogens (tertiary/aromatic N) is 2. The van der Waals surface area contributed by atoms with Crippen molar-refractivity contribution in [2.24, 2.45) is 0 Å². The minimum atomic E-state index is -0.144. The summed E-state index contributed by atoms with van der Waals surface area (Å²) in [6.07, 6.45) is 7.43. The molecule has 2 aliphatic rings. The molecule has 1 heterocycles. The number of hydrogen-bond donors (Lipinski definition) is 0. The molecule has 0 aromatic heterocycles. The van der Waals surface area contributed by atoms with E-state index in [4.69, 9.17) is 14.2 Å². The monoisotopic (exact) mass is 404 g/mol. The van der Waals surface area contributed by atoms with Gasteiger partial charge in [-0.15, -0.1) is 0 Å². The van der Waals surface area contributed by atoms with Crippen molar-refractivity contribution < 1.29 is 19.0 Å². The summed E-state index contributed by atoms with van der Waals surface area (Å²) in [7, 11) is 3.40. The van der Waals surface area contributed by atoms with Crippen LogP contribution in [0.25, 0.3) is 0 Å². The Morgan fingerprint density at radius 3 is 2.59 bits per heavy atom. The van der Waals surface area contributed by atoms with Crippen LogP contribution in [0.5, 0.6) is 11.5 Å². The topological polar surface area (TPSA) is 51.2 Å². The van der Waals surface area contributed by atoms with Crippen molar-refractivity contribution in [2.45, 2.75) is 57.9 Å². The smallest absolute Gasteiger partial charge is 0.409 e. The van der Waals surface area contributed by atoms with E-state index in [9.17, 15) is 4.79 Å². The van der Waals surface area contributed by atoms with Crippen LogP contribution >= 0.6 is 0 Å². The van der Waals surface area contributed by atoms with Gasteiger partial charge in [0.1, 0.15) is 0 Å². The van der Waals surface area contributed by atoms with Gasteiger partial charge in [0.05, 0.1) is 20.8 Å². The lowest BCUT2D eigenvalue weighted by Crippen LogP contribution is -2.41. The highest BCUT2D eigenvalue weighted by molar-refractivity contribution is 5.68. The number of ether oxygens (including phenoxy) is 3. The van der Waals surface area contributed by atoms with Gasteiger partial charge in [-0.2, -0.15) is 0 Å². The van der Waals surface area contributed by atoms with Crippen LogP contribution in [0.2, 0.25) is 0 Å². The van der Waals surface area contributed by atoms with E-state index in [1.807, 2.05) is 4.90 Å². The predicted molar refractivity (Wildman–Crippen MR) is 114 cm³/mol. The molecule has 0 spiro atoms. The third-order valence-corrected chi connectivity index (χ3v) is 6.11. The average Bonchev–Trinajstić information content (AvgIpc) is 2.75.